The summed E-state index contributed by atoms with van der Waals surface area (Å²) >= 11 is 6.63. The van der Waals surface area contributed by atoms with E-state index in [0.29, 0.717) is 23.2 Å². The molecule has 0 bridgehead atoms. The van der Waals surface area contributed by atoms with Crippen molar-refractivity contribution < 1.29 is 27.5 Å². The Morgan fingerprint density at radius 1 is 1.11 bits per heavy atom. The number of rotatable bonds is 8. The maximum atomic E-state index is 12.8. The number of halogens is 3. The summed E-state index contributed by atoms with van der Waals surface area (Å²) in [6, 6.07) is 18.8. The maximum Gasteiger partial charge on any atom is 0.573 e. The summed E-state index contributed by atoms with van der Waals surface area (Å²) in [6.45, 7) is 6.46. The van der Waals surface area contributed by atoms with Crippen molar-refractivity contribution in [3.05, 3.63) is 89.7 Å². The third-order valence-electron chi connectivity index (χ3n) is 6.48. The number of hydrogen-bond donors (Lipinski definition) is 1. The highest BCUT2D eigenvalue weighted by Crippen LogP contribution is 2.34. The zero-order valence-corrected chi connectivity index (χ0v) is 25.5. The number of amidine groups is 1. The van der Waals surface area contributed by atoms with Crippen molar-refractivity contribution in [1.82, 2.24) is 20.2 Å². The lowest BCUT2D eigenvalue weighted by molar-refractivity contribution is -0.274. The van der Waals surface area contributed by atoms with Crippen molar-refractivity contribution in [1.29, 1.82) is 0 Å². The van der Waals surface area contributed by atoms with Gasteiger partial charge in [-0.25, -0.2) is 9.67 Å². The minimum atomic E-state index is -4.76. The highest BCUT2D eigenvalue weighted by Gasteiger charge is 2.32. The van der Waals surface area contributed by atoms with Crippen LogP contribution in [0.1, 0.15) is 36.5 Å². The summed E-state index contributed by atoms with van der Waals surface area (Å²) in [7, 11) is 0. The second-order valence-electron chi connectivity index (χ2n) is 10.1. The molecule has 1 aliphatic rings. The molecule has 1 saturated heterocycles. The molecular weight excluding hydrogens is 613 g/mol. The first-order chi connectivity index (χ1) is 21.0. The Labute approximate surface area is 261 Å². The topological polar surface area (TPSA) is 93.9 Å². The normalized spacial score (nSPS) is 14.5. The number of alkyl halides is 3. The number of hydroxylamine groups is 1. The lowest BCUT2D eigenvalue weighted by atomic mass is 9.99. The molecule has 0 aliphatic carbocycles. The molecule has 1 aromatic heterocycles. The van der Waals surface area contributed by atoms with Crippen molar-refractivity contribution in [3.8, 4) is 22.8 Å². The Hall–Kier alpha value is -4.27. The van der Waals surface area contributed by atoms with E-state index < -0.39 is 6.36 Å². The third-order valence-corrected chi connectivity index (χ3v) is 7.57. The number of aryl methyl sites for hydroxylation is 1. The van der Waals surface area contributed by atoms with Crippen LogP contribution < -0.4 is 15.1 Å². The van der Waals surface area contributed by atoms with Gasteiger partial charge >= 0.3 is 11.5 Å². The van der Waals surface area contributed by atoms with Gasteiger partial charge in [-0.15, -0.1) is 23.8 Å². The van der Waals surface area contributed by atoms with E-state index in [1.807, 2.05) is 49.4 Å². The number of nitrogens with zero attached hydrogens (tertiary/aromatic N) is 5. The zero-order valence-electron chi connectivity index (χ0n) is 23.8. The number of aromatic nitrogens is 3. The Balaban J connectivity index is 1.17. The Morgan fingerprint density at radius 2 is 1.84 bits per heavy atom. The summed E-state index contributed by atoms with van der Waals surface area (Å²) in [5.41, 5.74) is 7.85. The summed E-state index contributed by atoms with van der Waals surface area (Å²) < 4.78 is 42.6. The molecule has 14 heteroatoms. The van der Waals surface area contributed by atoms with Crippen molar-refractivity contribution in [2.45, 2.75) is 39.6 Å². The average molecular weight is 641 g/mol. The molecule has 5 rings (SSSR count). The fourth-order valence-corrected chi connectivity index (χ4v) is 5.45. The average Bonchev–Trinajstić information content (AvgIpc) is 3.60. The monoisotopic (exact) mass is 640 g/mol. The van der Waals surface area contributed by atoms with E-state index in [9.17, 15) is 18.0 Å². The van der Waals surface area contributed by atoms with Gasteiger partial charge in [-0.3, -0.25) is 9.69 Å². The SMILES string of the molecule is Cc1ccc(C(C)C)c(N2C(=O)CSC2=NC(=S)ONCc2ccc(-c3ncn(-c4ccc(OC(F)(F)F)cc4)n3)cc2)c1. The van der Waals surface area contributed by atoms with Crippen molar-refractivity contribution in [2.24, 2.45) is 4.99 Å². The molecule has 1 N–H and O–H groups in total. The van der Waals surface area contributed by atoms with E-state index in [2.05, 4.69) is 39.1 Å². The minimum absolute atomic E-state index is 0.0460. The highest BCUT2D eigenvalue weighted by molar-refractivity contribution is 8.15. The smallest absolute Gasteiger partial charge is 0.406 e. The number of thioether (sulfide) groups is 1. The molecular formula is C30H27F3N6O3S2. The molecule has 44 heavy (non-hydrogen) atoms. The molecule has 4 aromatic rings. The largest absolute Gasteiger partial charge is 0.573 e. The van der Waals surface area contributed by atoms with E-state index in [-0.39, 0.29) is 28.5 Å². The quantitative estimate of drug-likeness (QED) is 0.168. The number of carbonyl (C=O) groups excluding carboxylic acids is 1. The number of anilines is 1. The predicted octanol–water partition coefficient (Wildman–Crippen LogP) is 6.71. The fraction of sp³-hybridized carbons (Fsp3) is 0.233. The van der Waals surface area contributed by atoms with Gasteiger partial charge in [-0.1, -0.05) is 62.0 Å². The van der Waals surface area contributed by atoms with Gasteiger partial charge in [-0.2, -0.15) is 4.99 Å². The molecule has 1 aliphatic heterocycles. The molecule has 228 valence electrons. The summed E-state index contributed by atoms with van der Waals surface area (Å²) in [5, 5.41) is 4.83. The van der Waals surface area contributed by atoms with E-state index in [1.165, 1.54) is 47.0 Å². The van der Waals surface area contributed by atoms with Crippen LogP contribution >= 0.6 is 24.0 Å². The Bertz CT molecular complexity index is 1690. The number of amides is 1. The van der Waals surface area contributed by atoms with E-state index in [1.54, 1.807) is 4.90 Å². The van der Waals surface area contributed by atoms with Crippen LogP contribution in [-0.2, 0) is 16.2 Å². The summed E-state index contributed by atoms with van der Waals surface area (Å²) in [6.07, 6.45) is -3.28. The van der Waals surface area contributed by atoms with Crippen LogP contribution in [0.25, 0.3) is 17.1 Å². The van der Waals surface area contributed by atoms with Crippen LogP contribution in [0.4, 0.5) is 18.9 Å². The molecule has 0 radical (unpaired) electrons. The molecule has 0 unspecified atom stereocenters. The lowest BCUT2D eigenvalue weighted by Crippen LogP contribution is -2.31. The number of thiocarbonyl (C=S) groups is 1. The van der Waals surface area contributed by atoms with E-state index in [0.717, 1.165) is 27.9 Å². The van der Waals surface area contributed by atoms with Crippen LogP contribution in [0.5, 0.6) is 5.75 Å². The molecule has 3 aromatic carbocycles. The van der Waals surface area contributed by atoms with Gasteiger partial charge in [0.1, 0.15) is 12.1 Å². The maximum absolute atomic E-state index is 12.8. The molecule has 2 heterocycles. The van der Waals surface area contributed by atoms with Crippen LogP contribution in [0, 0.1) is 6.92 Å². The Morgan fingerprint density at radius 3 is 2.52 bits per heavy atom. The number of benzene rings is 3. The molecule has 1 fully saturated rings. The van der Waals surface area contributed by atoms with Gasteiger partial charge in [0, 0.05) is 5.56 Å². The molecule has 0 atom stereocenters. The first-order valence-electron chi connectivity index (χ1n) is 13.4. The van der Waals surface area contributed by atoms with Crippen molar-refractivity contribution >= 4 is 45.9 Å². The van der Waals surface area contributed by atoms with Gasteiger partial charge in [0.05, 0.1) is 23.7 Å². The molecule has 0 saturated carbocycles. The fourth-order valence-electron chi connectivity index (χ4n) is 4.39. The number of nitrogens with one attached hydrogen (secondary N) is 1. The first-order valence-corrected chi connectivity index (χ1v) is 14.8. The standard InChI is InChI=1S/C30H27F3N6O3S2/c1-18(2)24-13-4-19(3)14-25(24)39-26(40)16-44-28(39)36-29(43)42-35-15-20-5-7-21(8-6-20)27-34-17-38(37-27)22-9-11-23(12-10-22)41-30(31,32)33/h4-14,17-18,35H,15-16H2,1-3H3. The lowest BCUT2D eigenvalue weighted by Gasteiger charge is -2.22. The third kappa shape index (κ3) is 7.62. The number of aliphatic imine (C=N–C) groups is 1. The molecule has 0 spiro atoms. The van der Waals surface area contributed by atoms with Gasteiger partial charge < -0.3 is 9.57 Å². The summed E-state index contributed by atoms with van der Waals surface area (Å²) in [5.74, 6) is 0.541. The molecule has 9 nitrogen and oxygen atoms in total. The van der Waals surface area contributed by atoms with Gasteiger partial charge in [0.15, 0.2) is 11.0 Å². The Kier molecular flexibility index (Phi) is 9.32. The van der Waals surface area contributed by atoms with E-state index in [4.69, 9.17) is 17.1 Å². The minimum Gasteiger partial charge on any atom is -0.406 e. The number of carbonyl (C=O) groups is 1. The number of ether oxygens (including phenoxy) is 1. The zero-order chi connectivity index (χ0) is 31.4. The second-order valence-corrected chi connectivity index (χ2v) is 11.4. The van der Waals surface area contributed by atoms with Crippen molar-refractivity contribution in [3.63, 3.8) is 0 Å². The predicted molar refractivity (Wildman–Crippen MR) is 167 cm³/mol. The van der Waals surface area contributed by atoms with Crippen LogP contribution in [0.3, 0.4) is 0 Å². The van der Waals surface area contributed by atoms with Gasteiger partial charge in [0.25, 0.3) is 0 Å². The summed E-state index contributed by atoms with van der Waals surface area (Å²) in [4.78, 5) is 28.6. The first kappa shape index (κ1) is 31.2. The van der Waals surface area contributed by atoms with E-state index >= 15 is 0 Å². The highest BCUT2D eigenvalue weighted by atomic mass is 32.2. The van der Waals surface area contributed by atoms with Gasteiger partial charge in [0.2, 0.25) is 5.91 Å². The van der Waals surface area contributed by atoms with Crippen molar-refractivity contribution in [2.75, 3.05) is 10.7 Å². The van der Waals surface area contributed by atoms with Gasteiger partial charge in [-0.05, 0) is 72.1 Å². The van der Waals surface area contributed by atoms with Crippen LogP contribution in [0.2, 0.25) is 0 Å². The second kappa shape index (κ2) is 13.2. The molecule has 1 amide bonds. The number of hydrogen-bond acceptors (Lipinski definition) is 8. The van der Waals surface area contributed by atoms with Crippen LogP contribution in [0.15, 0.2) is 78.0 Å². The van der Waals surface area contributed by atoms with Crippen LogP contribution in [-0.4, -0.2) is 43.1 Å².